The van der Waals surface area contributed by atoms with Gasteiger partial charge in [0.2, 0.25) is 0 Å². The number of nitrogens with two attached hydrogens (primary N) is 1. The van der Waals surface area contributed by atoms with E-state index in [1.807, 2.05) is 0 Å². The fraction of sp³-hybridized carbons (Fsp3) is 0. The number of benzene rings is 2. The van der Waals surface area contributed by atoms with Gasteiger partial charge >= 0.3 is 0 Å². The maximum absolute atomic E-state index is 13.8. The van der Waals surface area contributed by atoms with Crippen LogP contribution in [0.4, 0.5) is 20.2 Å². The number of nitrogen functional groups attached to an aromatic ring is 1. The molecule has 9 heteroatoms. The van der Waals surface area contributed by atoms with Gasteiger partial charge in [0.15, 0.2) is 5.82 Å². The predicted molar refractivity (Wildman–Crippen MR) is 80.7 cm³/mol. The Labute approximate surface area is 133 Å². The summed E-state index contributed by atoms with van der Waals surface area (Å²) in [6, 6.07) is 5.51. The Morgan fingerprint density at radius 1 is 1.19 bits per heavy atom. The SMILES string of the molecule is Nc1cc(Cl)c(F)c(S(=O)(=O)Nc2ccc(F)c(Br)c2)c1. The van der Waals surface area contributed by atoms with Crippen molar-refractivity contribution in [3.63, 3.8) is 0 Å². The zero-order chi connectivity index (χ0) is 15.8. The Morgan fingerprint density at radius 2 is 1.86 bits per heavy atom. The molecule has 0 spiro atoms. The Balaban J connectivity index is 2.45. The largest absolute Gasteiger partial charge is 0.399 e. The molecular formula is C12H8BrClF2N2O2S. The lowest BCUT2D eigenvalue weighted by Crippen LogP contribution is -2.15. The summed E-state index contributed by atoms with van der Waals surface area (Å²) in [4.78, 5) is -0.687. The molecule has 4 nitrogen and oxygen atoms in total. The normalized spacial score (nSPS) is 11.4. The van der Waals surface area contributed by atoms with Crippen molar-refractivity contribution in [3.8, 4) is 0 Å². The highest BCUT2D eigenvalue weighted by Crippen LogP contribution is 2.28. The van der Waals surface area contributed by atoms with Crippen LogP contribution in [0.1, 0.15) is 0 Å². The van der Waals surface area contributed by atoms with E-state index in [1.165, 1.54) is 12.1 Å². The monoisotopic (exact) mass is 396 g/mol. The average molecular weight is 398 g/mol. The highest BCUT2D eigenvalue weighted by molar-refractivity contribution is 9.10. The second-order valence-corrected chi connectivity index (χ2v) is 6.96. The molecule has 2 aromatic carbocycles. The third-order valence-electron chi connectivity index (χ3n) is 2.48. The van der Waals surface area contributed by atoms with Crippen molar-refractivity contribution in [2.45, 2.75) is 4.90 Å². The minimum absolute atomic E-state index is 0.00191. The smallest absolute Gasteiger partial charge is 0.264 e. The van der Waals surface area contributed by atoms with Crippen molar-refractivity contribution in [2.75, 3.05) is 10.5 Å². The van der Waals surface area contributed by atoms with Gasteiger partial charge in [0.25, 0.3) is 10.0 Å². The second-order valence-electron chi connectivity index (χ2n) is 4.05. The van der Waals surface area contributed by atoms with Crippen LogP contribution in [-0.2, 0) is 10.0 Å². The Kier molecular flexibility index (Phi) is 4.40. The van der Waals surface area contributed by atoms with Crippen molar-refractivity contribution in [1.29, 1.82) is 0 Å². The summed E-state index contributed by atoms with van der Waals surface area (Å²) in [5, 5.41) is -0.407. The fourth-order valence-electron chi connectivity index (χ4n) is 1.55. The lowest BCUT2D eigenvalue weighted by molar-refractivity contribution is 0.570. The summed E-state index contributed by atoms with van der Waals surface area (Å²) in [6.45, 7) is 0. The molecule has 0 bridgehead atoms. The van der Waals surface area contributed by atoms with Gasteiger partial charge < -0.3 is 5.73 Å². The number of nitrogens with one attached hydrogen (secondary N) is 1. The van der Waals surface area contributed by atoms with E-state index < -0.39 is 31.6 Å². The number of hydrogen-bond acceptors (Lipinski definition) is 3. The van der Waals surface area contributed by atoms with E-state index in [0.29, 0.717) is 0 Å². The van der Waals surface area contributed by atoms with Gasteiger partial charge in [0.05, 0.1) is 15.2 Å². The van der Waals surface area contributed by atoms with Gasteiger partial charge in [0.1, 0.15) is 10.7 Å². The fourth-order valence-corrected chi connectivity index (χ4v) is 3.40. The molecule has 0 aliphatic carbocycles. The minimum Gasteiger partial charge on any atom is -0.399 e. The number of hydrogen-bond donors (Lipinski definition) is 2. The first kappa shape index (κ1) is 16.0. The van der Waals surface area contributed by atoms with Gasteiger partial charge in [0, 0.05) is 5.69 Å². The van der Waals surface area contributed by atoms with Gasteiger partial charge in [-0.15, -0.1) is 0 Å². The Bertz CT molecular complexity index is 815. The predicted octanol–water partition coefficient (Wildman–Crippen LogP) is 3.76. The van der Waals surface area contributed by atoms with Crippen LogP contribution in [0.3, 0.4) is 0 Å². The molecule has 0 aliphatic heterocycles. The molecule has 2 rings (SSSR count). The molecule has 0 aliphatic rings. The number of anilines is 2. The van der Waals surface area contributed by atoms with Gasteiger partial charge in [-0.1, -0.05) is 11.6 Å². The number of halogens is 4. The maximum Gasteiger partial charge on any atom is 0.264 e. The molecule has 0 radical (unpaired) electrons. The third kappa shape index (κ3) is 3.45. The van der Waals surface area contributed by atoms with Crippen LogP contribution >= 0.6 is 27.5 Å². The summed E-state index contributed by atoms with van der Waals surface area (Å²) >= 11 is 8.49. The molecule has 0 saturated carbocycles. The van der Waals surface area contributed by atoms with Crippen molar-refractivity contribution >= 4 is 48.9 Å². The lowest BCUT2D eigenvalue weighted by atomic mass is 10.3. The van der Waals surface area contributed by atoms with Crippen LogP contribution in [0.2, 0.25) is 5.02 Å². The van der Waals surface area contributed by atoms with E-state index >= 15 is 0 Å². The van der Waals surface area contributed by atoms with E-state index in [0.717, 1.165) is 18.2 Å². The molecule has 0 heterocycles. The van der Waals surface area contributed by atoms with Gasteiger partial charge in [-0.2, -0.15) is 0 Å². The topological polar surface area (TPSA) is 72.2 Å². The van der Waals surface area contributed by atoms with Crippen LogP contribution in [0.15, 0.2) is 39.7 Å². The molecule has 0 atom stereocenters. The van der Waals surface area contributed by atoms with Gasteiger partial charge in [-0.3, -0.25) is 4.72 Å². The first-order valence-corrected chi connectivity index (χ1v) is 8.08. The highest BCUT2D eigenvalue weighted by Gasteiger charge is 2.22. The second kappa shape index (κ2) is 5.78. The molecule has 2 aromatic rings. The van der Waals surface area contributed by atoms with Crippen molar-refractivity contribution < 1.29 is 17.2 Å². The molecular weight excluding hydrogens is 390 g/mol. The molecule has 3 N–H and O–H groups in total. The van der Waals surface area contributed by atoms with Gasteiger partial charge in [-0.25, -0.2) is 17.2 Å². The van der Waals surface area contributed by atoms with Crippen LogP contribution < -0.4 is 10.5 Å². The highest BCUT2D eigenvalue weighted by atomic mass is 79.9. The average Bonchev–Trinajstić information content (AvgIpc) is 2.37. The van der Waals surface area contributed by atoms with E-state index in [-0.39, 0.29) is 15.8 Å². The summed E-state index contributed by atoms with van der Waals surface area (Å²) in [7, 11) is -4.25. The van der Waals surface area contributed by atoms with Gasteiger partial charge in [-0.05, 0) is 46.3 Å². The van der Waals surface area contributed by atoms with E-state index in [2.05, 4.69) is 20.7 Å². The number of sulfonamides is 1. The van der Waals surface area contributed by atoms with Crippen LogP contribution in [0, 0.1) is 11.6 Å². The standard InChI is InChI=1S/C12H8BrClF2N2O2S/c13-8-5-7(1-2-10(8)15)18-21(19,20)11-4-6(17)3-9(14)12(11)16/h1-5,18H,17H2. The molecule has 0 aromatic heterocycles. The summed E-state index contributed by atoms with van der Waals surface area (Å²) < 4.78 is 53.4. The first-order chi connectivity index (χ1) is 9.70. The molecule has 21 heavy (non-hydrogen) atoms. The zero-order valence-electron chi connectivity index (χ0n) is 10.2. The first-order valence-electron chi connectivity index (χ1n) is 5.43. The van der Waals surface area contributed by atoms with Crippen LogP contribution in [-0.4, -0.2) is 8.42 Å². The van der Waals surface area contributed by atoms with Crippen molar-refractivity contribution in [2.24, 2.45) is 0 Å². The maximum atomic E-state index is 13.8. The third-order valence-corrected chi connectivity index (χ3v) is 4.74. The van der Waals surface area contributed by atoms with E-state index in [4.69, 9.17) is 17.3 Å². The number of rotatable bonds is 3. The van der Waals surface area contributed by atoms with Crippen LogP contribution in [0.25, 0.3) is 0 Å². The zero-order valence-corrected chi connectivity index (χ0v) is 13.4. The molecule has 0 fully saturated rings. The Hall–Kier alpha value is -1.38. The summed E-state index contributed by atoms with van der Waals surface area (Å²) in [6.07, 6.45) is 0. The summed E-state index contributed by atoms with van der Waals surface area (Å²) in [5.74, 6) is -1.67. The molecule has 112 valence electrons. The van der Waals surface area contributed by atoms with Crippen molar-refractivity contribution in [1.82, 2.24) is 0 Å². The quantitative estimate of drug-likeness (QED) is 0.775. The molecule has 0 unspecified atom stereocenters. The summed E-state index contributed by atoms with van der Waals surface area (Å²) in [5.41, 5.74) is 5.52. The van der Waals surface area contributed by atoms with Crippen LogP contribution in [0.5, 0.6) is 0 Å². The minimum atomic E-state index is -4.25. The Morgan fingerprint density at radius 3 is 2.48 bits per heavy atom. The van der Waals surface area contributed by atoms with Crippen molar-refractivity contribution in [3.05, 3.63) is 51.5 Å². The lowest BCUT2D eigenvalue weighted by Gasteiger charge is -2.11. The van der Waals surface area contributed by atoms with E-state index in [9.17, 15) is 17.2 Å². The van der Waals surface area contributed by atoms with E-state index in [1.54, 1.807) is 0 Å². The molecule has 0 saturated heterocycles. The molecule has 0 amide bonds.